The van der Waals surface area contributed by atoms with Crippen LogP contribution >= 0.6 is 0 Å². The first kappa shape index (κ1) is 18.1. The molecule has 0 bridgehead atoms. The Morgan fingerprint density at radius 3 is 2.77 bits per heavy atom. The molecule has 2 aromatic heterocycles. The van der Waals surface area contributed by atoms with Gasteiger partial charge in [0.05, 0.1) is 36.9 Å². The lowest BCUT2D eigenvalue weighted by Gasteiger charge is -2.35. The molecule has 2 aromatic rings. The molecule has 0 radical (unpaired) electrons. The molecule has 2 amide bonds. The minimum Gasteiger partial charge on any atom is -0.340 e. The number of aromatic nitrogens is 3. The SMILES string of the molecule is CC(C)C(=O)N1Cc2ccnn2[C@@H](CC(=O)N(C)Cc2ccccn2)C1. The highest BCUT2D eigenvalue weighted by molar-refractivity contribution is 5.79. The minimum absolute atomic E-state index is 0.0148. The fraction of sp³-hybridized carbons (Fsp3) is 0.474. The van der Waals surface area contributed by atoms with Crippen LogP contribution in [-0.2, 0) is 22.7 Å². The van der Waals surface area contributed by atoms with Gasteiger partial charge >= 0.3 is 0 Å². The largest absolute Gasteiger partial charge is 0.340 e. The minimum atomic E-state index is -0.143. The van der Waals surface area contributed by atoms with E-state index in [-0.39, 0.29) is 23.8 Å². The van der Waals surface area contributed by atoms with Crippen molar-refractivity contribution in [1.29, 1.82) is 0 Å². The van der Waals surface area contributed by atoms with Crippen molar-refractivity contribution >= 4 is 11.8 Å². The Bertz CT molecular complexity index is 771. The summed E-state index contributed by atoms with van der Waals surface area (Å²) in [6, 6.07) is 7.43. The van der Waals surface area contributed by atoms with Gasteiger partial charge in [0, 0.05) is 31.9 Å². The van der Waals surface area contributed by atoms with Crippen LogP contribution in [0.25, 0.3) is 0 Å². The molecular weight excluding hydrogens is 330 g/mol. The number of fused-ring (bicyclic) bond motifs is 1. The summed E-state index contributed by atoms with van der Waals surface area (Å²) in [7, 11) is 1.78. The van der Waals surface area contributed by atoms with E-state index < -0.39 is 0 Å². The highest BCUT2D eigenvalue weighted by Gasteiger charge is 2.31. The lowest BCUT2D eigenvalue weighted by molar-refractivity contribution is -0.138. The Morgan fingerprint density at radius 2 is 2.08 bits per heavy atom. The smallest absolute Gasteiger partial charge is 0.225 e. The van der Waals surface area contributed by atoms with Gasteiger partial charge in [0.25, 0.3) is 0 Å². The van der Waals surface area contributed by atoms with Crippen molar-refractivity contribution in [2.24, 2.45) is 5.92 Å². The molecule has 1 aliphatic heterocycles. The maximum Gasteiger partial charge on any atom is 0.225 e. The average Bonchev–Trinajstić information content (AvgIpc) is 3.10. The number of rotatable bonds is 5. The fourth-order valence-electron chi connectivity index (χ4n) is 3.25. The molecule has 26 heavy (non-hydrogen) atoms. The van der Waals surface area contributed by atoms with E-state index in [1.54, 1.807) is 24.3 Å². The molecule has 0 aliphatic carbocycles. The number of hydrogen-bond donors (Lipinski definition) is 0. The normalized spacial score (nSPS) is 16.5. The zero-order valence-electron chi connectivity index (χ0n) is 15.5. The molecule has 0 fully saturated rings. The van der Waals surface area contributed by atoms with E-state index in [4.69, 9.17) is 0 Å². The molecule has 0 spiro atoms. The molecule has 1 atom stereocenters. The Hall–Kier alpha value is -2.70. The maximum atomic E-state index is 12.7. The molecule has 1 aliphatic rings. The Balaban J connectivity index is 1.69. The lowest BCUT2D eigenvalue weighted by Crippen LogP contribution is -2.44. The van der Waals surface area contributed by atoms with Crippen molar-refractivity contribution in [3.05, 3.63) is 48.0 Å². The number of nitrogens with zero attached hydrogens (tertiary/aromatic N) is 5. The van der Waals surface area contributed by atoms with Crippen molar-refractivity contribution in [2.75, 3.05) is 13.6 Å². The van der Waals surface area contributed by atoms with Crippen molar-refractivity contribution in [3.63, 3.8) is 0 Å². The molecule has 7 nitrogen and oxygen atoms in total. The van der Waals surface area contributed by atoms with Crippen molar-refractivity contribution < 1.29 is 9.59 Å². The highest BCUT2D eigenvalue weighted by atomic mass is 16.2. The van der Waals surface area contributed by atoms with Crippen molar-refractivity contribution in [1.82, 2.24) is 24.6 Å². The third-order valence-electron chi connectivity index (χ3n) is 4.65. The van der Waals surface area contributed by atoms with Crippen LogP contribution in [0, 0.1) is 5.92 Å². The Kier molecular flexibility index (Phi) is 5.35. The van der Waals surface area contributed by atoms with E-state index in [0.717, 1.165) is 11.4 Å². The zero-order valence-corrected chi connectivity index (χ0v) is 15.5. The van der Waals surface area contributed by atoms with Crippen LogP contribution in [-0.4, -0.2) is 50.0 Å². The number of carbonyl (C=O) groups is 2. The quantitative estimate of drug-likeness (QED) is 0.821. The van der Waals surface area contributed by atoms with Gasteiger partial charge in [-0.2, -0.15) is 5.10 Å². The molecule has 0 N–H and O–H groups in total. The van der Waals surface area contributed by atoms with Crippen LogP contribution in [0.4, 0.5) is 0 Å². The second-order valence-corrected chi connectivity index (χ2v) is 7.07. The predicted molar refractivity (Wildman–Crippen MR) is 96.8 cm³/mol. The second kappa shape index (κ2) is 7.68. The summed E-state index contributed by atoms with van der Waals surface area (Å²) in [5, 5.41) is 4.37. The third kappa shape index (κ3) is 3.92. The van der Waals surface area contributed by atoms with Gasteiger partial charge in [-0.3, -0.25) is 19.3 Å². The van der Waals surface area contributed by atoms with Crippen molar-refractivity contribution in [3.8, 4) is 0 Å². The molecule has 0 saturated carbocycles. The van der Waals surface area contributed by atoms with Crippen LogP contribution in [0.2, 0.25) is 0 Å². The predicted octanol–water partition coefficient (Wildman–Crippen LogP) is 1.87. The monoisotopic (exact) mass is 355 g/mol. The number of hydrogen-bond acceptors (Lipinski definition) is 4. The molecule has 3 heterocycles. The van der Waals surface area contributed by atoms with Crippen molar-refractivity contribution in [2.45, 2.75) is 39.4 Å². The maximum absolute atomic E-state index is 12.7. The summed E-state index contributed by atoms with van der Waals surface area (Å²) in [6.07, 6.45) is 3.76. The van der Waals surface area contributed by atoms with Crippen LogP contribution in [0.15, 0.2) is 36.7 Å². The van der Waals surface area contributed by atoms with E-state index in [9.17, 15) is 9.59 Å². The molecule has 138 valence electrons. The lowest BCUT2D eigenvalue weighted by atomic mass is 10.1. The van der Waals surface area contributed by atoms with E-state index in [1.807, 2.05) is 47.7 Å². The van der Waals surface area contributed by atoms with Gasteiger partial charge < -0.3 is 9.80 Å². The Labute approximate surface area is 153 Å². The summed E-state index contributed by atoms with van der Waals surface area (Å²) in [4.78, 5) is 32.9. The van der Waals surface area contributed by atoms with Crippen LogP contribution < -0.4 is 0 Å². The zero-order chi connectivity index (χ0) is 18.7. The van der Waals surface area contributed by atoms with E-state index in [2.05, 4.69) is 10.1 Å². The first-order valence-corrected chi connectivity index (χ1v) is 8.90. The van der Waals surface area contributed by atoms with Gasteiger partial charge in [-0.1, -0.05) is 19.9 Å². The van der Waals surface area contributed by atoms with Gasteiger partial charge in [0.1, 0.15) is 0 Å². The van der Waals surface area contributed by atoms with E-state index in [1.165, 1.54) is 0 Å². The van der Waals surface area contributed by atoms with Gasteiger partial charge in [0.2, 0.25) is 11.8 Å². The van der Waals surface area contributed by atoms with E-state index >= 15 is 0 Å². The Morgan fingerprint density at radius 1 is 1.27 bits per heavy atom. The van der Waals surface area contributed by atoms with Gasteiger partial charge in [-0.15, -0.1) is 0 Å². The molecule has 3 rings (SSSR count). The topological polar surface area (TPSA) is 71.3 Å². The third-order valence-corrected chi connectivity index (χ3v) is 4.65. The van der Waals surface area contributed by atoms with Gasteiger partial charge in [0.15, 0.2) is 0 Å². The van der Waals surface area contributed by atoms with Crippen LogP contribution in [0.3, 0.4) is 0 Å². The number of carbonyl (C=O) groups excluding carboxylic acids is 2. The van der Waals surface area contributed by atoms with Gasteiger partial charge in [-0.05, 0) is 18.2 Å². The number of pyridine rings is 1. The molecule has 0 saturated heterocycles. The van der Waals surface area contributed by atoms with Crippen LogP contribution in [0.1, 0.15) is 37.7 Å². The first-order chi connectivity index (χ1) is 12.5. The first-order valence-electron chi connectivity index (χ1n) is 8.90. The summed E-state index contributed by atoms with van der Waals surface area (Å²) in [5.41, 5.74) is 1.82. The molecule has 0 aromatic carbocycles. The average molecular weight is 355 g/mol. The fourth-order valence-corrected chi connectivity index (χ4v) is 3.25. The molecule has 0 unspecified atom stereocenters. The molecule has 7 heteroatoms. The van der Waals surface area contributed by atoms with Gasteiger partial charge in [-0.25, -0.2) is 0 Å². The summed E-state index contributed by atoms with van der Waals surface area (Å²) in [6.45, 7) is 5.32. The highest BCUT2D eigenvalue weighted by Crippen LogP contribution is 2.25. The van der Waals surface area contributed by atoms with Crippen LogP contribution in [0.5, 0.6) is 0 Å². The summed E-state index contributed by atoms with van der Waals surface area (Å²) in [5.74, 6) is 0.0605. The number of amides is 2. The summed E-state index contributed by atoms with van der Waals surface area (Å²) < 4.78 is 1.89. The second-order valence-electron chi connectivity index (χ2n) is 7.07. The molecular formula is C19H25N5O2. The van der Waals surface area contributed by atoms with E-state index in [0.29, 0.717) is 26.1 Å². The summed E-state index contributed by atoms with van der Waals surface area (Å²) >= 11 is 0. The standard InChI is InChI=1S/C19H25N5O2/c1-14(2)19(26)23-12-16-7-9-21-24(16)17(13-23)10-18(25)22(3)11-15-6-4-5-8-20-15/h4-9,14,17H,10-13H2,1-3H3/t17-/m0/s1.